The molecular formula is C21H24F2N8O2. The molecule has 3 N–H and O–H groups in total. The molecule has 2 aliphatic heterocycles. The fourth-order valence-electron chi connectivity index (χ4n) is 4.57. The van der Waals surface area contributed by atoms with Gasteiger partial charge in [-0.15, -0.1) is 5.10 Å². The van der Waals surface area contributed by atoms with Crippen LogP contribution in [-0.4, -0.2) is 75.8 Å². The van der Waals surface area contributed by atoms with Crippen molar-refractivity contribution in [3.8, 4) is 0 Å². The van der Waals surface area contributed by atoms with Crippen LogP contribution in [0.25, 0.3) is 5.65 Å². The van der Waals surface area contributed by atoms with Crippen LogP contribution in [0, 0.1) is 11.6 Å². The summed E-state index contributed by atoms with van der Waals surface area (Å²) < 4.78 is 34.9. The minimum Gasteiger partial charge on any atom is -0.381 e. The van der Waals surface area contributed by atoms with Crippen molar-refractivity contribution in [2.45, 2.75) is 18.9 Å². The Morgan fingerprint density at radius 2 is 1.88 bits per heavy atom. The van der Waals surface area contributed by atoms with Crippen LogP contribution in [0.1, 0.15) is 23.2 Å². The summed E-state index contributed by atoms with van der Waals surface area (Å²) in [5, 5.41) is 6.63. The first-order chi connectivity index (χ1) is 16.0. The molecule has 5 rings (SSSR count). The molecule has 174 valence electrons. The molecule has 5 heterocycles. The molecule has 0 radical (unpaired) electrons. The maximum atomic E-state index is 14.9. The summed E-state index contributed by atoms with van der Waals surface area (Å²) in [7, 11) is 0. The summed E-state index contributed by atoms with van der Waals surface area (Å²) in [6, 6.07) is 0.429. The Morgan fingerprint density at radius 1 is 1.12 bits per heavy atom. The Bertz CT molecular complexity index is 1170. The van der Waals surface area contributed by atoms with E-state index in [1.54, 1.807) is 0 Å². The Hall–Kier alpha value is -3.38. The highest BCUT2D eigenvalue weighted by Gasteiger charge is 2.29. The van der Waals surface area contributed by atoms with Crippen LogP contribution in [0.4, 0.5) is 26.0 Å². The summed E-state index contributed by atoms with van der Waals surface area (Å²) >= 11 is 0. The number of piperidine rings is 1. The molecule has 33 heavy (non-hydrogen) atoms. The monoisotopic (exact) mass is 458 g/mol. The highest BCUT2D eigenvalue weighted by atomic mass is 19.1. The largest absolute Gasteiger partial charge is 0.381 e. The van der Waals surface area contributed by atoms with Crippen LogP contribution in [-0.2, 0) is 4.74 Å². The molecule has 2 aliphatic rings. The third kappa shape index (κ3) is 4.18. The zero-order chi connectivity index (χ0) is 22.9. The number of nitrogen functional groups attached to an aromatic ring is 1. The highest BCUT2D eigenvalue weighted by molar-refractivity contribution is 6.12. The van der Waals surface area contributed by atoms with Crippen LogP contribution < -0.4 is 16.0 Å². The number of nitrogens with zero attached hydrogens (tertiary/aromatic N) is 6. The second-order valence-corrected chi connectivity index (χ2v) is 8.14. The van der Waals surface area contributed by atoms with Gasteiger partial charge in [0.2, 0.25) is 0 Å². The van der Waals surface area contributed by atoms with Gasteiger partial charge in [0.15, 0.2) is 23.1 Å². The standard InChI is InChI=1S/C21H24F2N8O2/c22-13-9-26-20-17(19(24)28-31(20)12-13)21(32)27-16-11-25-10-15(23)18(16)30-3-1-14(2-4-30)29-5-7-33-8-6-29/h9-12,14H,1-8H2,(H2,24,28)(H,27,32). The van der Waals surface area contributed by atoms with Crippen LogP contribution in [0.5, 0.6) is 0 Å². The van der Waals surface area contributed by atoms with Crippen molar-refractivity contribution < 1.29 is 18.3 Å². The lowest BCUT2D eigenvalue weighted by atomic mass is 10.0. The fourth-order valence-corrected chi connectivity index (χ4v) is 4.57. The number of aromatic nitrogens is 4. The molecule has 0 bridgehead atoms. The number of morpholine rings is 1. The second-order valence-electron chi connectivity index (χ2n) is 8.14. The fraction of sp³-hybridized carbons (Fsp3) is 0.429. The van der Waals surface area contributed by atoms with Crippen molar-refractivity contribution in [2.75, 3.05) is 55.3 Å². The molecule has 2 fully saturated rings. The molecule has 0 unspecified atom stereocenters. The van der Waals surface area contributed by atoms with Crippen molar-refractivity contribution in [1.82, 2.24) is 24.5 Å². The van der Waals surface area contributed by atoms with E-state index < -0.39 is 17.5 Å². The topological polar surface area (TPSA) is 114 Å². The summed E-state index contributed by atoms with van der Waals surface area (Å²) in [6.45, 7) is 4.59. The van der Waals surface area contributed by atoms with Gasteiger partial charge in [-0.2, -0.15) is 0 Å². The molecule has 1 amide bonds. The van der Waals surface area contributed by atoms with Gasteiger partial charge in [0, 0.05) is 32.2 Å². The van der Waals surface area contributed by atoms with Crippen molar-refractivity contribution >= 4 is 28.7 Å². The van der Waals surface area contributed by atoms with E-state index in [1.807, 2.05) is 4.90 Å². The third-order valence-electron chi connectivity index (χ3n) is 6.16. The smallest absolute Gasteiger partial charge is 0.263 e. The normalized spacial score (nSPS) is 18.1. The highest BCUT2D eigenvalue weighted by Crippen LogP contribution is 2.32. The SMILES string of the molecule is Nc1nn2cc(F)cnc2c1C(=O)Nc1cncc(F)c1N1CCC(N2CCOCC2)CC1. The Labute approximate surface area is 188 Å². The maximum Gasteiger partial charge on any atom is 0.263 e. The first kappa shape index (κ1) is 21.5. The van der Waals surface area contributed by atoms with Gasteiger partial charge in [-0.25, -0.2) is 18.3 Å². The van der Waals surface area contributed by atoms with Crippen LogP contribution in [0.2, 0.25) is 0 Å². The van der Waals surface area contributed by atoms with E-state index in [0.717, 1.165) is 62.3 Å². The van der Waals surface area contributed by atoms with Crippen LogP contribution in [0.15, 0.2) is 24.8 Å². The van der Waals surface area contributed by atoms with Crippen molar-refractivity contribution in [1.29, 1.82) is 0 Å². The van der Waals surface area contributed by atoms with Gasteiger partial charge < -0.3 is 20.7 Å². The van der Waals surface area contributed by atoms with Gasteiger partial charge in [-0.1, -0.05) is 0 Å². The number of carbonyl (C=O) groups is 1. The molecule has 12 heteroatoms. The van der Waals surface area contributed by atoms with Gasteiger partial charge >= 0.3 is 0 Å². The molecule has 0 saturated carbocycles. The number of anilines is 3. The lowest BCUT2D eigenvalue weighted by Crippen LogP contribution is -2.49. The van der Waals surface area contributed by atoms with E-state index in [9.17, 15) is 13.6 Å². The number of fused-ring (bicyclic) bond motifs is 1. The number of rotatable bonds is 4. The molecular weight excluding hydrogens is 434 g/mol. The molecule has 0 spiro atoms. The summed E-state index contributed by atoms with van der Waals surface area (Å²) in [5.41, 5.74) is 6.48. The third-order valence-corrected chi connectivity index (χ3v) is 6.16. The quantitative estimate of drug-likeness (QED) is 0.605. The summed E-state index contributed by atoms with van der Waals surface area (Å²) in [4.78, 5) is 25.2. The zero-order valence-electron chi connectivity index (χ0n) is 17.9. The number of amides is 1. The number of hydrogen-bond acceptors (Lipinski definition) is 8. The van der Waals surface area contributed by atoms with E-state index >= 15 is 0 Å². The van der Waals surface area contributed by atoms with Gasteiger partial charge in [0.05, 0.1) is 43.7 Å². The lowest BCUT2D eigenvalue weighted by molar-refractivity contribution is 0.0115. The molecule has 3 aromatic heterocycles. The summed E-state index contributed by atoms with van der Waals surface area (Å²) in [6.07, 6.45) is 6.34. The molecule has 2 saturated heterocycles. The number of nitrogens with one attached hydrogen (secondary N) is 1. The molecule has 0 aliphatic carbocycles. The Balaban J connectivity index is 1.36. The van der Waals surface area contributed by atoms with Crippen molar-refractivity contribution in [2.24, 2.45) is 0 Å². The van der Waals surface area contributed by atoms with Gasteiger partial charge in [-0.3, -0.25) is 14.7 Å². The Kier molecular flexibility index (Phi) is 5.77. The first-order valence-corrected chi connectivity index (χ1v) is 10.8. The van der Waals surface area contributed by atoms with Crippen molar-refractivity contribution in [3.63, 3.8) is 0 Å². The average Bonchev–Trinajstić information content (AvgIpc) is 3.15. The van der Waals surface area contributed by atoms with Crippen LogP contribution >= 0.6 is 0 Å². The van der Waals surface area contributed by atoms with E-state index in [0.29, 0.717) is 19.1 Å². The number of halogens is 2. The van der Waals surface area contributed by atoms with E-state index in [1.165, 1.54) is 6.20 Å². The molecule has 3 aromatic rings. The van der Waals surface area contributed by atoms with Crippen LogP contribution in [0.3, 0.4) is 0 Å². The van der Waals surface area contributed by atoms with Gasteiger partial charge in [-0.05, 0) is 12.8 Å². The molecule has 0 aromatic carbocycles. The predicted octanol–water partition coefficient (Wildman–Crippen LogP) is 1.54. The molecule has 10 nitrogen and oxygen atoms in total. The van der Waals surface area contributed by atoms with Gasteiger partial charge in [0.1, 0.15) is 11.3 Å². The van der Waals surface area contributed by atoms with E-state index in [4.69, 9.17) is 10.5 Å². The van der Waals surface area contributed by atoms with E-state index in [2.05, 4.69) is 25.3 Å². The lowest BCUT2D eigenvalue weighted by Gasteiger charge is -2.41. The number of ether oxygens (including phenoxy) is 1. The minimum absolute atomic E-state index is 0.0174. The van der Waals surface area contributed by atoms with E-state index in [-0.39, 0.29) is 28.4 Å². The number of carbonyl (C=O) groups excluding carboxylic acids is 1. The number of pyridine rings is 1. The summed E-state index contributed by atoms with van der Waals surface area (Å²) in [5.74, 6) is -1.87. The van der Waals surface area contributed by atoms with Gasteiger partial charge in [0.25, 0.3) is 5.91 Å². The Morgan fingerprint density at radius 3 is 2.64 bits per heavy atom. The zero-order valence-corrected chi connectivity index (χ0v) is 17.9. The first-order valence-electron chi connectivity index (χ1n) is 10.8. The molecule has 0 atom stereocenters. The number of hydrogen-bond donors (Lipinski definition) is 2. The second kappa shape index (κ2) is 8.87. The van der Waals surface area contributed by atoms with Crippen molar-refractivity contribution in [3.05, 3.63) is 42.0 Å². The average molecular weight is 458 g/mol. The maximum absolute atomic E-state index is 14.9. The minimum atomic E-state index is -0.626. The predicted molar refractivity (Wildman–Crippen MR) is 117 cm³/mol. The number of nitrogens with two attached hydrogens (primary N) is 1.